The lowest BCUT2D eigenvalue weighted by molar-refractivity contribution is 0.0980. The number of carbonyl (C=O) groups is 1. The maximum Gasteiger partial charge on any atom is 0.261 e. The Morgan fingerprint density at radius 2 is 1.63 bits per heavy atom. The summed E-state index contributed by atoms with van der Waals surface area (Å²) in [6.07, 6.45) is 1.14. The number of likely N-dealkylation sites (N-methyl/N-ethyl adjacent to an activating group) is 1. The van der Waals surface area contributed by atoms with Gasteiger partial charge >= 0.3 is 0 Å². The minimum Gasteiger partial charge on any atom is -0.302 e. The van der Waals surface area contributed by atoms with E-state index < -0.39 is 25.6 Å². The number of halogens is 1. The van der Waals surface area contributed by atoms with Gasteiger partial charge in [0.05, 0.1) is 31.3 Å². The Labute approximate surface area is 217 Å². The summed E-state index contributed by atoms with van der Waals surface area (Å²) in [5.74, 6) is -0.575. The van der Waals surface area contributed by atoms with Gasteiger partial charge in [-0.15, -0.1) is 12.4 Å². The molecule has 192 valence electrons. The van der Waals surface area contributed by atoms with Crippen molar-refractivity contribution in [1.29, 1.82) is 0 Å². The molecule has 0 atom stereocenters. The molecule has 1 heterocycles. The minimum absolute atomic E-state index is 0. The third kappa shape index (κ3) is 6.59. The van der Waals surface area contributed by atoms with Gasteiger partial charge in [-0.25, -0.2) is 21.8 Å². The van der Waals surface area contributed by atoms with E-state index >= 15 is 0 Å². The van der Waals surface area contributed by atoms with E-state index in [9.17, 15) is 21.6 Å². The van der Waals surface area contributed by atoms with E-state index in [1.54, 1.807) is 31.2 Å². The molecule has 0 saturated heterocycles. The molecule has 0 aliphatic carbocycles. The van der Waals surface area contributed by atoms with Crippen molar-refractivity contribution in [2.75, 3.05) is 43.1 Å². The largest absolute Gasteiger partial charge is 0.302 e. The third-order valence-electron chi connectivity index (χ3n) is 5.62. The Bertz CT molecular complexity index is 1400. The molecule has 1 amide bonds. The molecule has 0 spiro atoms. The molecule has 0 unspecified atom stereocenters. The van der Waals surface area contributed by atoms with Gasteiger partial charge in [0.2, 0.25) is 0 Å². The van der Waals surface area contributed by atoms with Gasteiger partial charge in [0.25, 0.3) is 5.91 Å². The first-order valence-electron chi connectivity index (χ1n) is 11.0. The second kappa shape index (κ2) is 11.8. The lowest BCUT2D eigenvalue weighted by Crippen LogP contribution is -2.39. The molecule has 0 aliphatic heterocycles. The number of hydrogen-bond donors (Lipinski definition) is 0. The van der Waals surface area contributed by atoms with Gasteiger partial charge in [0, 0.05) is 19.3 Å². The van der Waals surface area contributed by atoms with Crippen LogP contribution in [-0.2, 0) is 19.7 Å². The number of aromatic nitrogens is 1. The second-order valence-electron chi connectivity index (χ2n) is 7.78. The van der Waals surface area contributed by atoms with Crippen molar-refractivity contribution >= 4 is 64.7 Å². The van der Waals surface area contributed by atoms with Gasteiger partial charge in [-0.3, -0.25) is 9.69 Å². The Hall–Kier alpha value is -2.05. The highest BCUT2D eigenvalue weighted by Gasteiger charge is 2.27. The summed E-state index contributed by atoms with van der Waals surface area (Å²) < 4.78 is 49.9. The maximum atomic E-state index is 13.7. The summed E-state index contributed by atoms with van der Waals surface area (Å²) in [5.41, 5.74) is 0.669. The molecule has 0 N–H and O–H groups in total. The predicted octanol–water partition coefficient (Wildman–Crippen LogP) is 3.90. The molecule has 8 nitrogen and oxygen atoms in total. The van der Waals surface area contributed by atoms with Gasteiger partial charge < -0.3 is 4.90 Å². The molecule has 35 heavy (non-hydrogen) atoms. The van der Waals surface area contributed by atoms with Crippen molar-refractivity contribution in [1.82, 2.24) is 9.88 Å². The fourth-order valence-corrected chi connectivity index (χ4v) is 6.36. The van der Waals surface area contributed by atoms with Crippen molar-refractivity contribution in [3.05, 3.63) is 48.0 Å². The van der Waals surface area contributed by atoms with Gasteiger partial charge in [-0.05, 0) is 43.4 Å². The molecule has 12 heteroatoms. The van der Waals surface area contributed by atoms with Crippen LogP contribution in [0.1, 0.15) is 31.1 Å². The number of hydrogen-bond acceptors (Lipinski definition) is 8. The van der Waals surface area contributed by atoms with Gasteiger partial charge in [-0.1, -0.05) is 44.2 Å². The van der Waals surface area contributed by atoms with E-state index in [4.69, 9.17) is 0 Å². The van der Waals surface area contributed by atoms with Crippen LogP contribution in [0.2, 0.25) is 0 Å². The maximum absolute atomic E-state index is 13.7. The normalized spacial score (nSPS) is 12.0. The molecule has 0 fully saturated rings. The summed E-state index contributed by atoms with van der Waals surface area (Å²) >= 11 is 1.21. The number of carbonyl (C=O) groups excluding carboxylic acids is 1. The zero-order valence-electron chi connectivity index (χ0n) is 20.1. The average molecular weight is 560 g/mol. The summed E-state index contributed by atoms with van der Waals surface area (Å²) in [4.78, 5) is 22.1. The van der Waals surface area contributed by atoms with Crippen molar-refractivity contribution in [3.8, 4) is 0 Å². The van der Waals surface area contributed by atoms with Crippen molar-refractivity contribution in [3.63, 3.8) is 0 Å². The van der Waals surface area contributed by atoms with E-state index in [-0.39, 0.29) is 33.5 Å². The molecule has 0 aliphatic rings. The highest BCUT2D eigenvalue weighted by Crippen LogP contribution is 2.32. The number of anilines is 1. The van der Waals surface area contributed by atoms with Crippen LogP contribution in [0.5, 0.6) is 0 Å². The van der Waals surface area contributed by atoms with Crippen LogP contribution < -0.4 is 4.90 Å². The highest BCUT2D eigenvalue weighted by molar-refractivity contribution is 7.91. The van der Waals surface area contributed by atoms with E-state index in [1.807, 2.05) is 13.8 Å². The molecule has 1 aromatic heterocycles. The van der Waals surface area contributed by atoms with E-state index in [0.717, 1.165) is 19.3 Å². The molecule has 3 rings (SSSR count). The Kier molecular flexibility index (Phi) is 9.83. The number of nitrogens with zero attached hydrogens (tertiary/aromatic N) is 3. The van der Waals surface area contributed by atoms with Crippen LogP contribution in [0.15, 0.2) is 52.3 Å². The van der Waals surface area contributed by atoms with Crippen molar-refractivity contribution in [2.24, 2.45) is 0 Å². The van der Waals surface area contributed by atoms with E-state index in [1.165, 1.54) is 34.4 Å². The Balaban J connectivity index is 0.00000432. The predicted molar refractivity (Wildman–Crippen MR) is 144 cm³/mol. The lowest BCUT2D eigenvalue weighted by Gasteiger charge is -2.25. The third-order valence-corrected chi connectivity index (χ3v) is 9.56. The molecule has 3 aromatic rings. The lowest BCUT2D eigenvalue weighted by atomic mass is 10.2. The highest BCUT2D eigenvalue weighted by atomic mass is 35.5. The van der Waals surface area contributed by atoms with Crippen LogP contribution >= 0.6 is 23.7 Å². The van der Waals surface area contributed by atoms with Crippen LogP contribution in [-0.4, -0.2) is 70.8 Å². The van der Waals surface area contributed by atoms with Gasteiger partial charge in [-0.2, -0.15) is 0 Å². The van der Waals surface area contributed by atoms with Crippen LogP contribution in [0, 0.1) is 0 Å². The minimum atomic E-state index is -3.62. The zero-order chi connectivity index (χ0) is 25.1. The molecule has 0 bridgehead atoms. The van der Waals surface area contributed by atoms with Crippen molar-refractivity contribution in [2.45, 2.75) is 30.6 Å². The number of rotatable bonds is 10. The molecular formula is C23H30ClN3O5S3. The standard InChI is InChI=1S/C23H29N3O5S3.ClH/c1-5-25(6-2)14-15-26(22(27)18-10-8-9-11-21(18)34(30,31)7-3)23-24-19-13-12-17(33(4,28)29)16-20(19)32-23;/h8-13,16H,5-7,14-15H2,1-4H3;1H. The second-order valence-corrected chi connectivity index (χ2v) is 13.1. The number of fused-ring (bicyclic) bond motifs is 1. The molecular weight excluding hydrogens is 530 g/mol. The summed E-state index contributed by atoms with van der Waals surface area (Å²) in [6, 6.07) is 10.9. The Morgan fingerprint density at radius 1 is 0.971 bits per heavy atom. The first-order chi connectivity index (χ1) is 16.0. The first-order valence-corrected chi connectivity index (χ1v) is 15.3. The van der Waals surface area contributed by atoms with Crippen LogP contribution in [0.25, 0.3) is 10.2 Å². The topological polar surface area (TPSA) is 105 Å². The fourth-order valence-electron chi connectivity index (χ4n) is 3.52. The monoisotopic (exact) mass is 559 g/mol. The van der Waals surface area contributed by atoms with E-state index in [2.05, 4.69) is 9.88 Å². The molecule has 2 aromatic carbocycles. The molecule has 0 saturated carbocycles. The first kappa shape index (κ1) is 29.2. The number of sulfone groups is 2. The smallest absolute Gasteiger partial charge is 0.261 e. The van der Waals surface area contributed by atoms with Crippen molar-refractivity contribution < 1.29 is 21.6 Å². The van der Waals surface area contributed by atoms with Gasteiger partial charge in [0.15, 0.2) is 24.8 Å². The number of benzene rings is 2. The summed E-state index contributed by atoms with van der Waals surface area (Å²) in [7, 11) is -7.01. The van der Waals surface area contributed by atoms with E-state index in [0.29, 0.717) is 28.4 Å². The fraction of sp³-hybridized carbons (Fsp3) is 0.391. The number of amides is 1. The van der Waals surface area contributed by atoms with Gasteiger partial charge in [0.1, 0.15) is 0 Å². The summed E-state index contributed by atoms with van der Waals surface area (Å²) in [5, 5.41) is 0.390. The molecule has 0 radical (unpaired) electrons. The van der Waals surface area contributed by atoms with Crippen LogP contribution in [0.4, 0.5) is 5.13 Å². The van der Waals surface area contributed by atoms with Crippen LogP contribution in [0.3, 0.4) is 0 Å². The average Bonchev–Trinajstić information content (AvgIpc) is 3.24. The summed E-state index contributed by atoms with van der Waals surface area (Å²) in [6.45, 7) is 8.09. The number of thiazole rings is 1. The zero-order valence-corrected chi connectivity index (χ0v) is 23.4. The SMILES string of the molecule is CCN(CC)CCN(C(=O)c1ccccc1S(=O)(=O)CC)c1nc2ccc(S(C)(=O)=O)cc2s1.Cl. The Morgan fingerprint density at radius 3 is 2.23 bits per heavy atom. The quantitative estimate of drug-likeness (QED) is 0.371.